The lowest BCUT2D eigenvalue weighted by atomic mass is 9.96. The summed E-state index contributed by atoms with van der Waals surface area (Å²) in [6.07, 6.45) is 49.8. The van der Waals surface area contributed by atoms with Gasteiger partial charge in [0.2, 0.25) is 5.91 Å². The predicted molar refractivity (Wildman–Crippen MR) is 402 cm³/mol. The van der Waals surface area contributed by atoms with E-state index in [9.17, 15) is 61.0 Å². The van der Waals surface area contributed by atoms with E-state index in [0.29, 0.717) is 12.8 Å². The summed E-state index contributed by atoms with van der Waals surface area (Å²) in [5.74, 6) is -0.237. The Balaban J connectivity index is 1.35. The van der Waals surface area contributed by atoms with Crippen molar-refractivity contribution in [2.75, 3.05) is 26.4 Å². The first kappa shape index (κ1) is 93.5. The highest BCUT2D eigenvalue weighted by Crippen LogP contribution is 2.33. The number of hydrogen-bond donors (Lipinski definition) is 12. The van der Waals surface area contributed by atoms with Crippen LogP contribution in [0, 0.1) is 0 Å². The molecular formula is C82H155NO18. The lowest BCUT2D eigenvalue weighted by Crippen LogP contribution is -2.66. The fraction of sp³-hybridized carbons (Fsp3) is 0.939. The minimum atomic E-state index is -1.97. The fourth-order valence-electron chi connectivity index (χ4n) is 14.5. The van der Waals surface area contributed by atoms with Crippen molar-refractivity contribution in [2.45, 2.75) is 465 Å². The molecule has 3 aliphatic heterocycles. The van der Waals surface area contributed by atoms with Gasteiger partial charge in [0.25, 0.3) is 0 Å². The van der Waals surface area contributed by atoms with Crippen molar-refractivity contribution in [1.82, 2.24) is 5.32 Å². The number of hydrogen-bond acceptors (Lipinski definition) is 18. The zero-order valence-electron chi connectivity index (χ0n) is 63.9. The van der Waals surface area contributed by atoms with Gasteiger partial charge in [0.15, 0.2) is 18.9 Å². The number of ether oxygens (including phenoxy) is 6. The third-order valence-corrected chi connectivity index (χ3v) is 21.3. The highest BCUT2D eigenvalue weighted by molar-refractivity contribution is 5.76. The summed E-state index contributed by atoms with van der Waals surface area (Å²) in [5, 5.41) is 121. The molecule has 0 spiro atoms. The van der Waals surface area contributed by atoms with Crippen LogP contribution in [-0.4, -0.2) is 193 Å². The molecule has 0 bridgehead atoms. The smallest absolute Gasteiger partial charge is 0.220 e. The highest BCUT2D eigenvalue weighted by Gasteiger charge is 2.54. The van der Waals surface area contributed by atoms with Crippen molar-refractivity contribution in [3.63, 3.8) is 0 Å². The van der Waals surface area contributed by atoms with Crippen LogP contribution < -0.4 is 5.32 Å². The third-order valence-electron chi connectivity index (χ3n) is 21.3. The SMILES string of the molecule is CCCCCCC/C=C\C/C=C\CCCCCCCCCCCCCCCC(=O)NC(COC1OC(CO)C(OC2OC(CO)C(OC3OC(CO)C(O)C(O)C3O)C(O)C2O)C(O)C1O)C(O)CCCCCCCCCCCCCCCCCCCCCCCCCCCCCCCCC. The number of rotatable bonds is 68. The monoisotopic (exact) mass is 1440 g/mol. The molecule has 19 nitrogen and oxygen atoms in total. The maximum absolute atomic E-state index is 13.5. The van der Waals surface area contributed by atoms with Gasteiger partial charge in [0.1, 0.15) is 73.2 Å². The quantitative estimate of drug-likeness (QED) is 0.0199. The largest absolute Gasteiger partial charge is 0.394 e. The van der Waals surface area contributed by atoms with Crippen molar-refractivity contribution < 1.29 is 89.4 Å². The van der Waals surface area contributed by atoms with Crippen LogP contribution in [0.1, 0.15) is 361 Å². The van der Waals surface area contributed by atoms with Gasteiger partial charge < -0.3 is 89.9 Å². The van der Waals surface area contributed by atoms with E-state index < -0.39 is 124 Å². The van der Waals surface area contributed by atoms with Crippen molar-refractivity contribution in [3.05, 3.63) is 24.3 Å². The number of amides is 1. The Hall–Kier alpha value is -1.73. The Morgan fingerprint density at radius 1 is 0.356 bits per heavy atom. The highest BCUT2D eigenvalue weighted by atomic mass is 16.8. The van der Waals surface area contributed by atoms with E-state index in [4.69, 9.17) is 28.4 Å². The minimum Gasteiger partial charge on any atom is -0.394 e. The Morgan fingerprint density at radius 2 is 0.653 bits per heavy atom. The van der Waals surface area contributed by atoms with Crippen LogP contribution in [0.4, 0.5) is 0 Å². The summed E-state index contributed by atoms with van der Waals surface area (Å²) < 4.78 is 34.6. The zero-order valence-corrected chi connectivity index (χ0v) is 63.9. The van der Waals surface area contributed by atoms with Crippen LogP contribution in [0.5, 0.6) is 0 Å². The zero-order chi connectivity index (χ0) is 73.2. The number of aliphatic hydroxyl groups is 11. The van der Waals surface area contributed by atoms with E-state index >= 15 is 0 Å². The Bertz CT molecular complexity index is 1920. The molecule has 1 amide bonds. The maximum atomic E-state index is 13.5. The average Bonchev–Trinajstić information content (AvgIpc) is 0.782. The number of aliphatic hydroxyl groups excluding tert-OH is 11. The second kappa shape index (κ2) is 63.2. The van der Waals surface area contributed by atoms with E-state index in [2.05, 4.69) is 43.5 Å². The second-order valence-electron chi connectivity index (χ2n) is 30.3. The molecule has 0 saturated carbocycles. The number of unbranched alkanes of at least 4 members (excludes halogenated alkanes) is 48. The molecule has 19 heteroatoms. The molecule has 3 heterocycles. The van der Waals surface area contributed by atoms with Gasteiger partial charge in [-0.15, -0.1) is 0 Å². The molecular weight excluding hydrogens is 1290 g/mol. The molecule has 0 aromatic carbocycles. The van der Waals surface area contributed by atoms with Crippen molar-refractivity contribution in [2.24, 2.45) is 0 Å². The standard InChI is InChI=1S/C82H155NO18/c1-3-5-7-9-11-13-15-17-19-21-23-25-27-29-30-31-32-33-34-36-37-39-41-43-45-47-49-51-53-55-57-59-66(87)65(83-70(88)60-58-56-54-52-50-48-46-44-42-40-38-35-28-26-24-22-20-18-16-14-12-10-8-6-4-2)64-96-80-76(94)73(91)78(68(62-85)98-80)101-82-77(95)74(92)79(69(63-86)99-82)100-81-75(93)72(90)71(89)67(61-84)97-81/h16,18,22,24,65-69,71-82,84-87,89-95H,3-15,17,19-21,23,25-64H2,1-2H3,(H,83,88)/b18-16-,24-22-. The molecule has 596 valence electrons. The van der Waals surface area contributed by atoms with E-state index in [1.807, 2.05) is 0 Å². The number of carbonyl (C=O) groups is 1. The van der Waals surface area contributed by atoms with E-state index in [1.54, 1.807) is 0 Å². The Kier molecular flexibility index (Phi) is 58.5. The molecule has 17 atom stereocenters. The topological polar surface area (TPSA) is 307 Å². The van der Waals surface area contributed by atoms with Crippen LogP contribution in [0.25, 0.3) is 0 Å². The lowest BCUT2D eigenvalue weighted by Gasteiger charge is -2.48. The molecule has 0 aromatic heterocycles. The van der Waals surface area contributed by atoms with Gasteiger partial charge in [-0.3, -0.25) is 4.79 Å². The van der Waals surface area contributed by atoms with Gasteiger partial charge in [-0.25, -0.2) is 0 Å². The van der Waals surface area contributed by atoms with Crippen LogP contribution in [0.2, 0.25) is 0 Å². The van der Waals surface area contributed by atoms with Gasteiger partial charge in [-0.05, 0) is 44.9 Å². The van der Waals surface area contributed by atoms with Gasteiger partial charge >= 0.3 is 0 Å². The summed E-state index contributed by atoms with van der Waals surface area (Å²) in [6, 6.07) is -0.888. The summed E-state index contributed by atoms with van der Waals surface area (Å²) in [7, 11) is 0. The molecule has 3 rings (SSSR count). The summed E-state index contributed by atoms with van der Waals surface area (Å²) in [5.41, 5.74) is 0. The molecule has 17 unspecified atom stereocenters. The lowest BCUT2D eigenvalue weighted by molar-refractivity contribution is -0.379. The number of carbonyl (C=O) groups excluding carboxylic acids is 1. The van der Waals surface area contributed by atoms with Crippen LogP contribution >= 0.6 is 0 Å². The maximum Gasteiger partial charge on any atom is 0.220 e. The van der Waals surface area contributed by atoms with Crippen LogP contribution in [0.3, 0.4) is 0 Å². The first-order valence-corrected chi connectivity index (χ1v) is 42.1. The van der Waals surface area contributed by atoms with Crippen LogP contribution in [-0.2, 0) is 33.2 Å². The van der Waals surface area contributed by atoms with Crippen molar-refractivity contribution in [3.8, 4) is 0 Å². The second-order valence-corrected chi connectivity index (χ2v) is 30.3. The normalized spacial score (nSPS) is 26.4. The molecule has 0 radical (unpaired) electrons. The van der Waals surface area contributed by atoms with Gasteiger partial charge in [0.05, 0.1) is 38.6 Å². The van der Waals surface area contributed by atoms with E-state index in [0.717, 1.165) is 51.4 Å². The van der Waals surface area contributed by atoms with E-state index in [1.165, 1.54) is 276 Å². The molecule has 0 aromatic rings. The molecule has 12 N–H and O–H groups in total. The predicted octanol–water partition coefficient (Wildman–Crippen LogP) is 14.5. The molecule has 101 heavy (non-hydrogen) atoms. The summed E-state index contributed by atoms with van der Waals surface area (Å²) in [6.45, 7) is 1.85. The van der Waals surface area contributed by atoms with Crippen molar-refractivity contribution in [1.29, 1.82) is 0 Å². The van der Waals surface area contributed by atoms with Gasteiger partial charge in [-0.1, -0.05) is 334 Å². The van der Waals surface area contributed by atoms with Gasteiger partial charge in [0, 0.05) is 6.42 Å². The van der Waals surface area contributed by atoms with Gasteiger partial charge in [-0.2, -0.15) is 0 Å². The van der Waals surface area contributed by atoms with Crippen LogP contribution in [0.15, 0.2) is 24.3 Å². The molecule has 0 aliphatic carbocycles. The van der Waals surface area contributed by atoms with E-state index in [-0.39, 0.29) is 18.9 Å². The first-order chi connectivity index (χ1) is 49.3. The minimum absolute atomic E-state index is 0.237. The molecule has 3 saturated heterocycles. The fourth-order valence-corrected chi connectivity index (χ4v) is 14.5. The third kappa shape index (κ3) is 43.2. The molecule has 3 fully saturated rings. The molecule has 3 aliphatic rings. The Labute approximate surface area is 613 Å². The summed E-state index contributed by atoms with van der Waals surface area (Å²) in [4.78, 5) is 13.5. The number of allylic oxidation sites excluding steroid dienone is 4. The number of nitrogens with one attached hydrogen (secondary N) is 1. The average molecular weight is 1440 g/mol. The van der Waals surface area contributed by atoms with Crippen molar-refractivity contribution >= 4 is 5.91 Å². The summed E-state index contributed by atoms with van der Waals surface area (Å²) >= 11 is 0. The Morgan fingerprint density at radius 3 is 1.01 bits per heavy atom. The first-order valence-electron chi connectivity index (χ1n) is 42.1.